The third-order valence-corrected chi connectivity index (χ3v) is 4.69. The minimum atomic E-state index is -0.271. The molecule has 0 aliphatic heterocycles. The third-order valence-electron chi connectivity index (χ3n) is 3.81. The molecule has 0 amide bonds. The quantitative estimate of drug-likeness (QED) is 0.766. The molecule has 0 spiro atoms. The van der Waals surface area contributed by atoms with Gasteiger partial charge in [0.1, 0.15) is 5.82 Å². The normalized spacial score (nSPS) is 15.8. The standard InChI is InChI=1S/C15H19BrFNO2/c1-20-14(19)10-18(12-6-2-3-7-12)9-11-5-4-8-13(17)15(11)16/h4-5,8,12H,2-3,6-7,9-10H2,1H3. The Kier molecular flexibility index (Phi) is 5.54. The first-order chi connectivity index (χ1) is 9.61. The number of ether oxygens (including phenoxy) is 1. The average Bonchev–Trinajstić information content (AvgIpc) is 2.96. The Morgan fingerprint density at radius 2 is 2.15 bits per heavy atom. The van der Waals surface area contributed by atoms with Crippen LogP contribution in [-0.2, 0) is 16.1 Å². The number of carbonyl (C=O) groups is 1. The van der Waals surface area contributed by atoms with Gasteiger partial charge in [0.25, 0.3) is 0 Å². The first-order valence-corrected chi connectivity index (χ1v) is 7.65. The smallest absolute Gasteiger partial charge is 0.319 e. The average molecular weight is 344 g/mol. The second kappa shape index (κ2) is 7.18. The van der Waals surface area contributed by atoms with Crippen LogP contribution in [0.15, 0.2) is 22.7 Å². The molecule has 0 heterocycles. The second-order valence-corrected chi connectivity index (χ2v) is 5.93. The Bertz CT molecular complexity index is 475. The van der Waals surface area contributed by atoms with Gasteiger partial charge in [-0.2, -0.15) is 0 Å². The van der Waals surface area contributed by atoms with Gasteiger partial charge in [0, 0.05) is 12.6 Å². The second-order valence-electron chi connectivity index (χ2n) is 5.13. The number of benzene rings is 1. The van der Waals surface area contributed by atoms with Crippen molar-refractivity contribution in [1.29, 1.82) is 0 Å². The van der Waals surface area contributed by atoms with E-state index in [0.29, 0.717) is 17.1 Å². The predicted molar refractivity (Wildman–Crippen MR) is 78.8 cm³/mol. The fraction of sp³-hybridized carbons (Fsp3) is 0.533. The summed E-state index contributed by atoms with van der Waals surface area (Å²) in [4.78, 5) is 13.7. The molecule has 5 heteroatoms. The largest absolute Gasteiger partial charge is 0.468 e. The number of esters is 1. The van der Waals surface area contributed by atoms with Gasteiger partial charge < -0.3 is 4.74 Å². The fourth-order valence-electron chi connectivity index (χ4n) is 2.70. The van der Waals surface area contributed by atoms with E-state index in [2.05, 4.69) is 20.8 Å². The lowest BCUT2D eigenvalue weighted by molar-refractivity contribution is -0.142. The molecule has 2 rings (SSSR count). The van der Waals surface area contributed by atoms with Gasteiger partial charge in [-0.15, -0.1) is 0 Å². The lowest BCUT2D eigenvalue weighted by Gasteiger charge is -2.28. The Labute approximate surface area is 127 Å². The van der Waals surface area contributed by atoms with Crippen molar-refractivity contribution in [2.24, 2.45) is 0 Å². The highest BCUT2D eigenvalue weighted by atomic mass is 79.9. The number of rotatable bonds is 5. The lowest BCUT2D eigenvalue weighted by Crippen LogP contribution is -2.37. The number of hydrogen-bond donors (Lipinski definition) is 0. The Hall–Kier alpha value is -0.940. The number of nitrogens with zero attached hydrogens (tertiary/aromatic N) is 1. The molecular weight excluding hydrogens is 325 g/mol. The van der Waals surface area contributed by atoms with Crippen molar-refractivity contribution in [2.45, 2.75) is 38.3 Å². The van der Waals surface area contributed by atoms with Crippen molar-refractivity contribution in [3.8, 4) is 0 Å². The van der Waals surface area contributed by atoms with E-state index >= 15 is 0 Å². The lowest BCUT2D eigenvalue weighted by atomic mass is 10.1. The van der Waals surface area contributed by atoms with Crippen LogP contribution in [0.3, 0.4) is 0 Å². The molecule has 0 saturated heterocycles. The van der Waals surface area contributed by atoms with Crippen molar-refractivity contribution in [2.75, 3.05) is 13.7 Å². The molecule has 1 aromatic rings. The molecule has 20 heavy (non-hydrogen) atoms. The zero-order valence-electron chi connectivity index (χ0n) is 11.6. The molecule has 0 aromatic heterocycles. The molecule has 0 bridgehead atoms. The SMILES string of the molecule is COC(=O)CN(Cc1cccc(F)c1Br)C1CCCC1. The van der Waals surface area contributed by atoms with Crippen LogP contribution >= 0.6 is 15.9 Å². The monoisotopic (exact) mass is 343 g/mol. The summed E-state index contributed by atoms with van der Waals surface area (Å²) in [6, 6.07) is 5.38. The maximum Gasteiger partial charge on any atom is 0.319 e. The number of carbonyl (C=O) groups excluding carboxylic acids is 1. The van der Waals surface area contributed by atoms with E-state index in [-0.39, 0.29) is 18.3 Å². The van der Waals surface area contributed by atoms with Gasteiger partial charge in [0.05, 0.1) is 18.1 Å². The highest BCUT2D eigenvalue weighted by Gasteiger charge is 2.25. The first-order valence-electron chi connectivity index (χ1n) is 6.85. The van der Waals surface area contributed by atoms with Crippen molar-refractivity contribution >= 4 is 21.9 Å². The summed E-state index contributed by atoms with van der Waals surface area (Å²) in [7, 11) is 1.40. The van der Waals surface area contributed by atoms with E-state index in [0.717, 1.165) is 18.4 Å². The van der Waals surface area contributed by atoms with E-state index in [1.165, 1.54) is 26.0 Å². The van der Waals surface area contributed by atoms with Crippen molar-refractivity contribution in [1.82, 2.24) is 4.90 Å². The van der Waals surface area contributed by atoms with Crippen molar-refractivity contribution in [3.05, 3.63) is 34.1 Å². The van der Waals surface area contributed by atoms with Gasteiger partial charge in [-0.1, -0.05) is 25.0 Å². The predicted octanol–water partition coefficient (Wildman–Crippen LogP) is 3.51. The van der Waals surface area contributed by atoms with Crippen molar-refractivity contribution < 1.29 is 13.9 Å². The molecule has 1 fully saturated rings. The highest BCUT2D eigenvalue weighted by molar-refractivity contribution is 9.10. The summed E-state index contributed by atoms with van der Waals surface area (Å²) < 4.78 is 18.8. The molecule has 0 atom stereocenters. The molecule has 0 N–H and O–H groups in total. The molecule has 3 nitrogen and oxygen atoms in total. The molecule has 1 aromatic carbocycles. The summed E-state index contributed by atoms with van der Waals surface area (Å²) in [5, 5.41) is 0. The summed E-state index contributed by atoms with van der Waals surface area (Å²) in [6.07, 6.45) is 4.55. The van der Waals surface area contributed by atoms with Crippen LogP contribution in [0.5, 0.6) is 0 Å². The molecular formula is C15H19BrFNO2. The molecule has 1 saturated carbocycles. The summed E-state index contributed by atoms with van der Waals surface area (Å²) >= 11 is 3.28. The summed E-state index contributed by atoms with van der Waals surface area (Å²) in [5.74, 6) is -0.517. The molecule has 0 unspecified atom stereocenters. The maximum absolute atomic E-state index is 13.6. The molecule has 0 radical (unpaired) electrons. The van der Waals surface area contributed by atoms with Crippen molar-refractivity contribution in [3.63, 3.8) is 0 Å². The van der Waals surface area contributed by atoms with E-state index in [9.17, 15) is 9.18 Å². The van der Waals surface area contributed by atoms with Crippen LogP contribution in [-0.4, -0.2) is 30.6 Å². The number of halogens is 2. The van der Waals surface area contributed by atoms with E-state index in [1.54, 1.807) is 6.07 Å². The van der Waals surface area contributed by atoms with E-state index < -0.39 is 0 Å². The maximum atomic E-state index is 13.6. The Morgan fingerprint density at radius 1 is 1.45 bits per heavy atom. The zero-order chi connectivity index (χ0) is 14.5. The van der Waals surface area contributed by atoms with Gasteiger partial charge in [0.2, 0.25) is 0 Å². The van der Waals surface area contributed by atoms with Crippen LogP contribution in [0.25, 0.3) is 0 Å². The first kappa shape index (κ1) is 15.4. The van der Waals surface area contributed by atoms with Crippen LogP contribution < -0.4 is 0 Å². The van der Waals surface area contributed by atoms with Gasteiger partial charge >= 0.3 is 5.97 Å². The summed E-state index contributed by atoms with van der Waals surface area (Å²) in [6.45, 7) is 0.808. The zero-order valence-corrected chi connectivity index (χ0v) is 13.2. The molecule has 1 aliphatic rings. The topological polar surface area (TPSA) is 29.5 Å². The third kappa shape index (κ3) is 3.79. The van der Waals surface area contributed by atoms with E-state index in [1.807, 2.05) is 6.07 Å². The van der Waals surface area contributed by atoms with E-state index in [4.69, 9.17) is 4.74 Å². The van der Waals surface area contributed by atoms with Crippen LogP contribution in [0.4, 0.5) is 4.39 Å². The minimum absolute atomic E-state index is 0.246. The summed E-state index contributed by atoms with van der Waals surface area (Å²) in [5.41, 5.74) is 0.862. The van der Waals surface area contributed by atoms with Gasteiger partial charge in [-0.05, 0) is 40.4 Å². The van der Waals surface area contributed by atoms with Gasteiger partial charge in [0.15, 0.2) is 0 Å². The Balaban J connectivity index is 2.13. The van der Waals surface area contributed by atoms with Gasteiger partial charge in [-0.25, -0.2) is 4.39 Å². The fourth-order valence-corrected chi connectivity index (χ4v) is 3.09. The minimum Gasteiger partial charge on any atom is -0.468 e. The number of hydrogen-bond acceptors (Lipinski definition) is 3. The van der Waals surface area contributed by atoms with Crippen LogP contribution in [0.2, 0.25) is 0 Å². The number of methoxy groups -OCH3 is 1. The van der Waals surface area contributed by atoms with Crippen LogP contribution in [0.1, 0.15) is 31.2 Å². The highest BCUT2D eigenvalue weighted by Crippen LogP contribution is 2.27. The molecule has 1 aliphatic carbocycles. The molecule has 110 valence electrons. The van der Waals surface area contributed by atoms with Gasteiger partial charge in [-0.3, -0.25) is 9.69 Å². The Morgan fingerprint density at radius 3 is 2.80 bits per heavy atom. The van der Waals surface area contributed by atoms with Crippen LogP contribution in [0, 0.1) is 5.82 Å².